The maximum absolute atomic E-state index is 13.5. The molecular formula is C14H19FN2O3. The minimum absolute atomic E-state index is 0.0755. The molecule has 0 atom stereocenters. The van der Waals surface area contributed by atoms with Gasteiger partial charge in [0.1, 0.15) is 18.0 Å². The van der Waals surface area contributed by atoms with Gasteiger partial charge in [0, 0.05) is 0 Å². The molecule has 6 heteroatoms. The molecule has 2 amide bonds. The number of halogens is 1. The molecule has 0 aliphatic heterocycles. The number of carbonyl (C=O) groups excluding carboxylic acids is 2. The average Bonchev–Trinajstić information content (AvgIpc) is 2.28. The van der Waals surface area contributed by atoms with Gasteiger partial charge in [0.15, 0.2) is 0 Å². The number of rotatable bonds is 3. The number of hydrogen-bond acceptors (Lipinski definition) is 3. The number of alkyl carbamates (subject to hydrolysis) is 1. The second kappa shape index (κ2) is 6.36. The van der Waals surface area contributed by atoms with E-state index in [4.69, 9.17) is 4.74 Å². The maximum atomic E-state index is 13.5. The lowest BCUT2D eigenvalue weighted by Crippen LogP contribution is -2.37. The van der Waals surface area contributed by atoms with Crippen molar-refractivity contribution in [2.24, 2.45) is 0 Å². The molecule has 0 spiro atoms. The van der Waals surface area contributed by atoms with Crippen molar-refractivity contribution >= 4 is 17.7 Å². The Labute approximate surface area is 117 Å². The van der Waals surface area contributed by atoms with Crippen molar-refractivity contribution in [3.8, 4) is 0 Å². The van der Waals surface area contributed by atoms with E-state index in [2.05, 4.69) is 10.6 Å². The van der Waals surface area contributed by atoms with Crippen LogP contribution in [0.15, 0.2) is 18.2 Å². The Morgan fingerprint density at radius 3 is 2.50 bits per heavy atom. The zero-order valence-electron chi connectivity index (χ0n) is 12.0. The first-order valence-electron chi connectivity index (χ1n) is 6.20. The van der Waals surface area contributed by atoms with Crippen molar-refractivity contribution in [3.63, 3.8) is 0 Å². The molecule has 5 nitrogen and oxygen atoms in total. The van der Waals surface area contributed by atoms with Gasteiger partial charge in [0.25, 0.3) is 0 Å². The van der Waals surface area contributed by atoms with E-state index in [1.807, 2.05) is 0 Å². The van der Waals surface area contributed by atoms with Crippen LogP contribution in [0.25, 0.3) is 0 Å². The number of anilines is 1. The Hall–Kier alpha value is -2.11. The highest BCUT2D eigenvalue weighted by Crippen LogP contribution is 2.14. The van der Waals surface area contributed by atoms with E-state index in [1.54, 1.807) is 33.8 Å². The fourth-order valence-corrected chi connectivity index (χ4v) is 1.38. The summed E-state index contributed by atoms with van der Waals surface area (Å²) in [5, 5.41) is 4.67. The molecule has 0 fully saturated rings. The largest absolute Gasteiger partial charge is 0.444 e. The maximum Gasteiger partial charge on any atom is 0.408 e. The first kappa shape index (κ1) is 15.9. The van der Waals surface area contributed by atoms with Crippen LogP contribution in [0.4, 0.5) is 14.9 Å². The summed E-state index contributed by atoms with van der Waals surface area (Å²) in [6, 6.07) is 4.47. The van der Waals surface area contributed by atoms with E-state index >= 15 is 0 Å². The number of aryl methyl sites for hydroxylation is 1. The summed E-state index contributed by atoms with van der Waals surface area (Å²) in [4.78, 5) is 22.9. The Bertz CT molecular complexity index is 510. The van der Waals surface area contributed by atoms with Gasteiger partial charge in [-0.05, 0) is 45.4 Å². The second-order valence-corrected chi connectivity index (χ2v) is 5.39. The van der Waals surface area contributed by atoms with Gasteiger partial charge in [-0.25, -0.2) is 9.18 Å². The predicted molar refractivity (Wildman–Crippen MR) is 74.0 cm³/mol. The quantitative estimate of drug-likeness (QED) is 0.895. The summed E-state index contributed by atoms with van der Waals surface area (Å²) < 4.78 is 18.5. The van der Waals surface area contributed by atoms with Crippen LogP contribution in [-0.2, 0) is 9.53 Å². The molecule has 110 valence electrons. The van der Waals surface area contributed by atoms with Crippen molar-refractivity contribution in [3.05, 3.63) is 29.6 Å². The molecule has 0 saturated heterocycles. The molecule has 0 unspecified atom stereocenters. The van der Waals surface area contributed by atoms with Crippen LogP contribution < -0.4 is 10.6 Å². The van der Waals surface area contributed by atoms with Gasteiger partial charge in [-0.1, -0.05) is 6.07 Å². The van der Waals surface area contributed by atoms with Gasteiger partial charge in [-0.15, -0.1) is 0 Å². The summed E-state index contributed by atoms with van der Waals surface area (Å²) in [6.07, 6.45) is -0.697. The fraction of sp³-hybridized carbons (Fsp3) is 0.429. The number of nitrogens with one attached hydrogen (secondary N) is 2. The zero-order valence-corrected chi connectivity index (χ0v) is 12.0. The van der Waals surface area contributed by atoms with Crippen molar-refractivity contribution < 1.29 is 18.7 Å². The Kier molecular flexibility index (Phi) is 5.07. The molecule has 1 aromatic rings. The molecular weight excluding hydrogens is 263 g/mol. The minimum atomic E-state index is -0.697. The van der Waals surface area contributed by atoms with E-state index in [0.29, 0.717) is 0 Å². The van der Waals surface area contributed by atoms with E-state index in [1.165, 1.54) is 12.1 Å². The lowest BCUT2D eigenvalue weighted by molar-refractivity contribution is -0.115. The van der Waals surface area contributed by atoms with E-state index in [9.17, 15) is 14.0 Å². The molecule has 0 aliphatic rings. The Balaban J connectivity index is 2.46. The molecule has 0 heterocycles. The number of carbonyl (C=O) groups is 2. The third-order valence-electron chi connectivity index (χ3n) is 2.19. The van der Waals surface area contributed by atoms with Crippen LogP contribution in [-0.4, -0.2) is 24.1 Å². The molecule has 20 heavy (non-hydrogen) atoms. The third kappa shape index (κ3) is 5.69. The monoisotopic (exact) mass is 282 g/mol. The zero-order chi connectivity index (χ0) is 15.3. The molecule has 1 aromatic carbocycles. The average molecular weight is 282 g/mol. The summed E-state index contributed by atoms with van der Waals surface area (Å²) in [6.45, 7) is 6.61. The molecule has 0 aromatic heterocycles. The van der Waals surface area contributed by atoms with Crippen molar-refractivity contribution in [2.75, 3.05) is 11.9 Å². The summed E-state index contributed by atoms with van der Waals surface area (Å²) >= 11 is 0. The fourth-order valence-electron chi connectivity index (χ4n) is 1.38. The van der Waals surface area contributed by atoms with Crippen LogP contribution in [0.3, 0.4) is 0 Å². The Morgan fingerprint density at radius 1 is 1.30 bits per heavy atom. The first-order valence-corrected chi connectivity index (χ1v) is 6.20. The highest BCUT2D eigenvalue weighted by Gasteiger charge is 2.16. The molecule has 0 bridgehead atoms. The van der Waals surface area contributed by atoms with Crippen molar-refractivity contribution in [1.82, 2.24) is 5.32 Å². The summed E-state index contributed by atoms with van der Waals surface area (Å²) in [7, 11) is 0. The van der Waals surface area contributed by atoms with Gasteiger partial charge in [-0.2, -0.15) is 0 Å². The van der Waals surface area contributed by atoms with Gasteiger partial charge in [0.05, 0.1) is 5.69 Å². The molecule has 2 N–H and O–H groups in total. The topological polar surface area (TPSA) is 67.4 Å². The first-order chi connectivity index (χ1) is 9.17. The minimum Gasteiger partial charge on any atom is -0.444 e. The highest BCUT2D eigenvalue weighted by atomic mass is 19.1. The molecule has 1 rings (SSSR count). The van der Waals surface area contributed by atoms with Crippen LogP contribution in [0.5, 0.6) is 0 Å². The second-order valence-electron chi connectivity index (χ2n) is 5.39. The lowest BCUT2D eigenvalue weighted by atomic mass is 10.2. The van der Waals surface area contributed by atoms with E-state index in [0.717, 1.165) is 5.56 Å². The normalized spacial score (nSPS) is 10.8. The van der Waals surface area contributed by atoms with Gasteiger partial charge < -0.3 is 15.4 Å². The summed E-state index contributed by atoms with van der Waals surface area (Å²) in [5.74, 6) is -1.05. The van der Waals surface area contributed by atoms with Crippen molar-refractivity contribution in [1.29, 1.82) is 0 Å². The molecule has 0 saturated carbocycles. The predicted octanol–water partition coefficient (Wildman–Crippen LogP) is 2.60. The number of amides is 2. The SMILES string of the molecule is Cc1ccc(NC(=O)CNC(=O)OC(C)(C)C)c(F)c1. The van der Waals surface area contributed by atoms with Gasteiger partial charge in [-0.3, -0.25) is 4.79 Å². The number of ether oxygens (including phenoxy) is 1. The van der Waals surface area contributed by atoms with Crippen LogP contribution >= 0.6 is 0 Å². The Morgan fingerprint density at radius 2 is 1.95 bits per heavy atom. The highest BCUT2D eigenvalue weighted by molar-refractivity contribution is 5.93. The third-order valence-corrected chi connectivity index (χ3v) is 2.19. The van der Waals surface area contributed by atoms with Gasteiger partial charge in [0.2, 0.25) is 5.91 Å². The number of hydrogen-bond donors (Lipinski definition) is 2. The van der Waals surface area contributed by atoms with Crippen LogP contribution in [0, 0.1) is 12.7 Å². The summed E-state index contributed by atoms with van der Waals surface area (Å²) in [5.41, 5.74) is 0.197. The molecule has 0 aliphatic carbocycles. The van der Waals surface area contributed by atoms with Gasteiger partial charge >= 0.3 is 6.09 Å². The number of benzene rings is 1. The van der Waals surface area contributed by atoms with Crippen LogP contribution in [0.1, 0.15) is 26.3 Å². The van der Waals surface area contributed by atoms with Crippen molar-refractivity contribution in [2.45, 2.75) is 33.3 Å². The standard InChI is InChI=1S/C14H19FN2O3/c1-9-5-6-11(10(15)7-9)17-12(18)8-16-13(19)20-14(2,3)4/h5-7H,8H2,1-4H3,(H,16,19)(H,17,18). The molecule has 0 radical (unpaired) electrons. The van der Waals surface area contributed by atoms with Crippen LogP contribution in [0.2, 0.25) is 0 Å². The van der Waals surface area contributed by atoms with E-state index < -0.39 is 23.4 Å². The smallest absolute Gasteiger partial charge is 0.408 e. The van der Waals surface area contributed by atoms with E-state index in [-0.39, 0.29) is 12.2 Å². The lowest BCUT2D eigenvalue weighted by Gasteiger charge is -2.19.